The summed E-state index contributed by atoms with van der Waals surface area (Å²) >= 11 is 0. The van der Waals surface area contributed by atoms with E-state index in [0.717, 1.165) is 38.5 Å². The first-order valence-electron chi connectivity index (χ1n) is 11.4. The fraction of sp³-hybridized carbons (Fsp3) is 0.870. The van der Waals surface area contributed by atoms with Crippen molar-refractivity contribution in [2.75, 3.05) is 0 Å². The van der Waals surface area contributed by atoms with E-state index in [-0.39, 0.29) is 12.2 Å². The molecule has 5 heteroatoms. The van der Waals surface area contributed by atoms with Crippen LogP contribution in [0.25, 0.3) is 0 Å². The van der Waals surface area contributed by atoms with Crippen LogP contribution in [0, 0.1) is 0 Å². The SMILES string of the molecule is CCCCCCCCCC(=O)CC(=O)N[C@](C)(CCCCCCCC)C(=O)O. The second-order valence-corrected chi connectivity index (χ2v) is 8.29. The maximum Gasteiger partial charge on any atom is 0.329 e. The zero-order valence-corrected chi connectivity index (χ0v) is 18.5. The molecule has 0 aliphatic rings. The van der Waals surface area contributed by atoms with Crippen LogP contribution in [0.5, 0.6) is 0 Å². The van der Waals surface area contributed by atoms with Gasteiger partial charge in [0, 0.05) is 6.42 Å². The van der Waals surface area contributed by atoms with Gasteiger partial charge in [0.05, 0.1) is 6.42 Å². The topological polar surface area (TPSA) is 83.5 Å². The largest absolute Gasteiger partial charge is 0.480 e. The zero-order chi connectivity index (χ0) is 21.3. The Morgan fingerprint density at radius 2 is 1.21 bits per heavy atom. The Bertz CT molecular complexity index is 450. The van der Waals surface area contributed by atoms with Crippen LogP contribution in [0.4, 0.5) is 0 Å². The standard InChI is InChI=1S/C23H43NO4/c1-4-6-8-10-12-13-15-17-20(25)19-21(26)24-23(3,22(27)28)18-16-14-11-9-7-5-2/h4-19H2,1-3H3,(H,24,26)(H,27,28)/t23-/m1/s1. The molecule has 0 saturated heterocycles. The van der Waals surface area contributed by atoms with Crippen molar-refractivity contribution in [2.24, 2.45) is 0 Å². The fourth-order valence-corrected chi connectivity index (χ4v) is 3.38. The summed E-state index contributed by atoms with van der Waals surface area (Å²) in [6.45, 7) is 5.89. The molecule has 0 aromatic rings. The molecule has 0 aromatic carbocycles. The van der Waals surface area contributed by atoms with Gasteiger partial charge in [-0.15, -0.1) is 0 Å². The third-order valence-corrected chi connectivity index (χ3v) is 5.33. The van der Waals surface area contributed by atoms with Crippen LogP contribution < -0.4 is 5.32 Å². The molecule has 0 bridgehead atoms. The number of carboxylic acid groups (broad SMARTS) is 1. The molecular formula is C23H43NO4. The number of amides is 1. The Balaban J connectivity index is 4.10. The van der Waals surface area contributed by atoms with E-state index in [9.17, 15) is 19.5 Å². The normalized spacial score (nSPS) is 13.1. The minimum Gasteiger partial charge on any atom is -0.480 e. The summed E-state index contributed by atoms with van der Waals surface area (Å²) in [6, 6.07) is 0. The van der Waals surface area contributed by atoms with Gasteiger partial charge in [0.2, 0.25) is 5.91 Å². The molecule has 1 atom stereocenters. The van der Waals surface area contributed by atoms with Gasteiger partial charge >= 0.3 is 5.97 Å². The highest BCUT2D eigenvalue weighted by atomic mass is 16.4. The number of hydrogen-bond donors (Lipinski definition) is 2. The van der Waals surface area contributed by atoms with E-state index in [1.54, 1.807) is 6.92 Å². The van der Waals surface area contributed by atoms with Crippen LogP contribution in [-0.4, -0.2) is 28.3 Å². The summed E-state index contributed by atoms with van der Waals surface area (Å²) in [5, 5.41) is 12.1. The highest BCUT2D eigenvalue weighted by Gasteiger charge is 2.34. The van der Waals surface area contributed by atoms with Crippen molar-refractivity contribution in [3.05, 3.63) is 0 Å². The van der Waals surface area contributed by atoms with Gasteiger partial charge in [0.25, 0.3) is 0 Å². The molecule has 0 saturated carbocycles. The molecule has 0 aliphatic heterocycles. The first-order valence-corrected chi connectivity index (χ1v) is 11.4. The highest BCUT2D eigenvalue weighted by molar-refractivity contribution is 5.99. The number of unbranched alkanes of at least 4 members (excludes halogenated alkanes) is 11. The average Bonchev–Trinajstić information content (AvgIpc) is 2.63. The number of aliphatic carboxylic acids is 1. The minimum atomic E-state index is -1.29. The van der Waals surface area contributed by atoms with Crippen molar-refractivity contribution < 1.29 is 19.5 Å². The van der Waals surface area contributed by atoms with Gasteiger partial charge in [-0.3, -0.25) is 9.59 Å². The molecule has 0 fully saturated rings. The van der Waals surface area contributed by atoms with Gasteiger partial charge in [-0.05, 0) is 19.8 Å². The Morgan fingerprint density at radius 1 is 0.750 bits per heavy atom. The lowest BCUT2D eigenvalue weighted by atomic mass is 9.93. The van der Waals surface area contributed by atoms with Crippen molar-refractivity contribution in [1.29, 1.82) is 0 Å². The molecule has 164 valence electrons. The second-order valence-electron chi connectivity index (χ2n) is 8.29. The predicted octanol–water partition coefficient (Wildman–Crippen LogP) is 5.80. The lowest BCUT2D eigenvalue weighted by Gasteiger charge is -2.26. The lowest BCUT2D eigenvalue weighted by Crippen LogP contribution is -2.52. The van der Waals surface area contributed by atoms with Gasteiger partial charge < -0.3 is 10.4 Å². The Labute approximate surface area is 172 Å². The van der Waals surface area contributed by atoms with Crippen LogP contribution >= 0.6 is 0 Å². The van der Waals surface area contributed by atoms with E-state index in [0.29, 0.717) is 12.8 Å². The van der Waals surface area contributed by atoms with Gasteiger partial charge in [0.15, 0.2) is 0 Å². The van der Waals surface area contributed by atoms with Crippen molar-refractivity contribution in [3.8, 4) is 0 Å². The summed E-state index contributed by atoms with van der Waals surface area (Å²) in [4.78, 5) is 35.8. The van der Waals surface area contributed by atoms with Crippen LogP contribution in [0.2, 0.25) is 0 Å². The molecule has 0 radical (unpaired) electrons. The fourth-order valence-electron chi connectivity index (χ4n) is 3.38. The number of Topliss-reactive ketones (excluding diaryl/α,β-unsaturated/α-hetero) is 1. The molecule has 0 rings (SSSR count). The van der Waals surface area contributed by atoms with Crippen LogP contribution in [0.3, 0.4) is 0 Å². The zero-order valence-electron chi connectivity index (χ0n) is 18.5. The molecular weight excluding hydrogens is 354 g/mol. The number of nitrogens with one attached hydrogen (secondary N) is 1. The average molecular weight is 398 g/mol. The number of rotatable bonds is 19. The maximum atomic E-state index is 12.2. The molecule has 0 unspecified atom stereocenters. The summed E-state index contributed by atoms with van der Waals surface area (Å²) in [5.41, 5.74) is -1.29. The van der Waals surface area contributed by atoms with Crippen LogP contribution in [-0.2, 0) is 14.4 Å². The third-order valence-electron chi connectivity index (χ3n) is 5.33. The van der Waals surface area contributed by atoms with Gasteiger partial charge in [0.1, 0.15) is 11.3 Å². The monoisotopic (exact) mass is 397 g/mol. The maximum absolute atomic E-state index is 12.2. The molecule has 2 N–H and O–H groups in total. The Hall–Kier alpha value is -1.39. The molecule has 0 spiro atoms. The molecule has 0 heterocycles. The molecule has 0 aliphatic carbocycles. The smallest absolute Gasteiger partial charge is 0.329 e. The van der Waals surface area contributed by atoms with Crippen molar-refractivity contribution >= 4 is 17.7 Å². The van der Waals surface area contributed by atoms with E-state index in [2.05, 4.69) is 19.2 Å². The number of hydrogen-bond acceptors (Lipinski definition) is 3. The molecule has 5 nitrogen and oxygen atoms in total. The minimum absolute atomic E-state index is 0.0987. The number of carboxylic acids is 1. The number of ketones is 1. The summed E-state index contributed by atoms with van der Waals surface area (Å²) in [5.74, 6) is -1.60. The molecule has 1 amide bonds. The first kappa shape index (κ1) is 26.6. The Kier molecular flexibility index (Phi) is 15.7. The lowest BCUT2D eigenvalue weighted by molar-refractivity contribution is -0.147. The molecule has 28 heavy (non-hydrogen) atoms. The van der Waals surface area contributed by atoms with Gasteiger partial charge in [-0.2, -0.15) is 0 Å². The van der Waals surface area contributed by atoms with E-state index in [4.69, 9.17) is 0 Å². The van der Waals surface area contributed by atoms with E-state index in [1.807, 2.05) is 0 Å². The summed E-state index contributed by atoms with van der Waals surface area (Å²) < 4.78 is 0. The van der Waals surface area contributed by atoms with Crippen LogP contribution in [0.1, 0.15) is 124 Å². The quantitative estimate of drug-likeness (QED) is 0.213. The number of carbonyl (C=O) groups is 3. The first-order chi connectivity index (χ1) is 13.4. The van der Waals surface area contributed by atoms with E-state index in [1.165, 1.54) is 44.9 Å². The number of carbonyl (C=O) groups excluding carboxylic acids is 2. The van der Waals surface area contributed by atoms with Crippen molar-refractivity contribution in [1.82, 2.24) is 5.32 Å². The van der Waals surface area contributed by atoms with Crippen molar-refractivity contribution in [3.63, 3.8) is 0 Å². The molecule has 0 aromatic heterocycles. The summed E-state index contributed by atoms with van der Waals surface area (Å²) in [6.07, 6.45) is 14.9. The van der Waals surface area contributed by atoms with Gasteiger partial charge in [-0.25, -0.2) is 4.79 Å². The van der Waals surface area contributed by atoms with E-state index >= 15 is 0 Å². The Morgan fingerprint density at radius 3 is 1.71 bits per heavy atom. The third kappa shape index (κ3) is 13.7. The van der Waals surface area contributed by atoms with Gasteiger partial charge in [-0.1, -0.05) is 90.9 Å². The predicted molar refractivity (Wildman–Crippen MR) is 114 cm³/mol. The highest BCUT2D eigenvalue weighted by Crippen LogP contribution is 2.17. The van der Waals surface area contributed by atoms with E-state index < -0.39 is 17.4 Å². The summed E-state index contributed by atoms with van der Waals surface area (Å²) in [7, 11) is 0. The second kappa shape index (κ2) is 16.6. The van der Waals surface area contributed by atoms with Crippen molar-refractivity contribution in [2.45, 2.75) is 129 Å². The van der Waals surface area contributed by atoms with Crippen LogP contribution in [0.15, 0.2) is 0 Å².